The number of aliphatic hydroxyl groups excluding tert-OH is 1. The fraction of sp³-hybridized carbons (Fsp3) is 0.600. The van der Waals surface area contributed by atoms with Crippen LogP contribution in [0.25, 0.3) is 0 Å². The number of benzene rings is 1. The van der Waals surface area contributed by atoms with Crippen molar-refractivity contribution in [2.45, 2.75) is 37.2 Å². The molecule has 0 unspecified atom stereocenters. The Labute approximate surface area is 104 Å². The van der Waals surface area contributed by atoms with E-state index in [9.17, 15) is 5.11 Å². The van der Waals surface area contributed by atoms with Gasteiger partial charge in [-0.3, -0.25) is 0 Å². The third-order valence-electron chi connectivity index (χ3n) is 4.02. The summed E-state index contributed by atoms with van der Waals surface area (Å²) in [5.41, 5.74) is 1.30. The van der Waals surface area contributed by atoms with Crippen LogP contribution in [0.5, 0.6) is 0 Å². The van der Waals surface area contributed by atoms with Crippen LogP contribution in [0.2, 0.25) is 0 Å². The van der Waals surface area contributed by atoms with E-state index >= 15 is 0 Å². The molecule has 0 amide bonds. The van der Waals surface area contributed by atoms with E-state index in [2.05, 4.69) is 29.2 Å². The summed E-state index contributed by atoms with van der Waals surface area (Å²) in [6.45, 7) is 0.745. The van der Waals surface area contributed by atoms with Crippen molar-refractivity contribution < 1.29 is 5.11 Å². The van der Waals surface area contributed by atoms with E-state index in [1.54, 1.807) is 0 Å². The molecule has 2 rings (SSSR count). The van der Waals surface area contributed by atoms with Crippen LogP contribution in [0.1, 0.15) is 31.2 Å². The maximum Gasteiger partial charge on any atom is 0.0763 e. The smallest absolute Gasteiger partial charge is 0.0763 e. The standard InChI is InChI=1S/C15H23NO/c1-16(2)12-14(17)15(10-6-7-11-15)13-8-4-3-5-9-13/h3-5,8-9,14,17H,6-7,10-12H2,1-2H3/t14-/m1/s1. The minimum Gasteiger partial charge on any atom is -0.391 e. The molecular formula is C15H23NO. The van der Waals surface area contributed by atoms with E-state index < -0.39 is 0 Å². The lowest BCUT2D eigenvalue weighted by atomic mass is 9.74. The lowest BCUT2D eigenvalue weighted by Gasteiger charge is -2.36. The van der Waals surface area contributed by atoms with E-state index in [0.717, 1.165) is 19.4 Å². The van der Waals surface area contributed by atoms with Crippen molar-refractivity contribution in [1.82, 2.24) is 4.90 Å². The van der Waals surface area contributed by atoms with E-state index in [0.29, 0.717) is 0 Å². The average molecular weight is 233 g/mol. The Morgan fingerprint density at radius 3 is 2.29 bits per heavy atom. The number of likely N-dealkylation sites (N-methyl/N-ethyl adjacent to an activating group) is 1. The Balaban J connectivity index is 2.27. The Morgan fingerprint density at radius 2 is 1.76 bits per heavy atom. The summed E-state index contributed by atoms with van der Waals surface area (Å²) in [6, 6.07) is 10.6. The average Bonchev–Trinajstić information content (AvgIpc) is 2.79. The predicted octanol–water partition coefficient (Wildman–Crippen LogP) is 2.42. The number of nitrogens with zero attached hydrogens (tertiary/aromatic N) is 1. The van der Waals surface area contributed by atoms with Crippen LogP contribution in [-0.4, -0.2) is 36.8 Å². The van der Waals surface area contributed by atoms with Crippen molar-refractivity contribution >= 4 is 0 Å². The molecule has 2 nitrogen and oxygen atoms in total. The molecule has 1 N–H and O–H groups in total. The quantitative estimate of drug-likeness (QED) is 0.863. The summed E-state index contributed by atoms with van der Waals surface area (Å²) >= 11 is 0. The van der Waals surface area contributed by atoms with E-state index in [1.807, 2.05) is 20.2 Å². The second-order valence-corrected chi connectivity index (χ2v) is 5.51. The number of hydrogen-bond donors (Lipinski definition) is 1. The molecule has 2 heteroatoms. The lowest BCUT2D eigenvalue weighted by molar-refractivity contribution is 0.0579. The molecule has 1 aromatic rings. The van der Waals surface area contributed by atoms with Gasteiger partial charge in [-0.25, -0.2) is 0 Å². The van der Waals surface area contributed by atoms with Gasteiger partial charge < -0.3 is 10.0 Å². The third-order valence-corrected chi connectivity index (χ3v) is 4.02. The first kappa shape index (κ1) is 12.6. The highest BCUT2D eigenvalue weighted by atomic mass is 16.3. The van der Waals surface area contributed by atoms with Crippen LogP contribution in [0.15, 0.2) is 30.3 Å². The number of aliphatic hydroxyl groups is 1. The highest BCUT2D eigenvalue weighted by Crippen LogP contribution is 2.43. The van der Waals surface area contributed by atoms with Crippen molar-refractivity contribution in [1.29, 1.82) is 0 Å². The van der Waals surface area contributed by atoms with E-state index in [1.165, 1.54) is 18.4 Å². The minimum absolute atomic E-state index is 0.00840. The normalized spacial score (nSPS) is 20.7. The monoisotopic (exact) mass is 233 g/mol. The molecule has 0 aromatic heterocycles. The fourth-order valence-corrected chi connectivity index (χ4v) is 3.11. The summed E-state index contributed by atoms with van der Waals surface area (Å²) in [6.07, 6.45) is 4.44. The Kier molecular flexibility index (Phi) is 3.85. The highest BCUT2D eigenvalue weighted by molar-refractivity contribution is 5.28. The van der Waals surface area contributed by atoms with Gasteiger partial charge in [0, 0.05) is 12.0 Å². The molecule has 1 atom stereocenters. The molecule has 1 aliphatic rings. The number of rotatable bonds is 4. The van der Waals surface area contributed by atoms with Gasteiger partial charge in [0.15, 0.2) is 0 Å². The molecule has 17 heavy (non-hydrogen) atoms. The summed E-state index contributed by atoms with van der Waals surface area (Å²) in [5, 5.41) is 10.6. The van der Waals surface area contributed by atoms with Gasteiger partial charge in [-0.05, 0) is 32.5 Å². The summed E-state index contributed by atoms with van der Waals surface area (Å²) in [4.78, 5) is 2.08. The van der Waals surface area contributed by atoms with Crippen LogP contribution in [0.4, 0.5) is 0 Å². The summed E-state index contributed by atoms with van der Waals surface area (Å²) < 4.78 is 0. The molecule has 0 aliphatic heterocycles. The Hall–Kier alpha value is -0.860. The van der Waals surface area contributed by atoms with Crippen LogP contribution in [0.3, 0.4) is 0 Å². The third kappa shape index (κ3) is 2.53. The van der Waals surface area contributed by atoms with Gasteiger partial charge in [0.25, 0.3) is 0 Å². The van der Waals surface area contributed by atoms with Crippen LogP contribution >= 0.6 is 0 Å². The van der Waals surface area contributed by atoms with Gasteiger partial charge in [-0.2, -0.15) is 0 Å². The van der Waals surface area contributed by atoms with Crippen molar-refractivity contribution in [3.63, 3.8) is 0 Å². The molecular weight excluding hydrogens is 210 g/mol. The summed E-state index contributed by atoms with van der Waals surface area (Å²) in [7, 11) is 4.05. The molecule has 0 radical (unpaired) electrons. The minimum atomic E-state index is -0.262. The molecule has 1 aromatic carbocycles. The molecule has 0 heterocycles. The predicted molar refractivity (Wildman–Crippen MR) is 71.1 cm³/mol. The summed E-state index contributed by atoms with van der Waals surface area (Å²) in [5.74, 6) is 0. The molecule has 0 saturated heterocycles. The van der Waals surface area contributed by atoms with Gasteiger partial charge in [0.05, 0.1) is 6.10 Å². The van der Waals surface area contributed by atoms with E-state index in [-0.39, 0.29) is 11.5 Å². The van der Waals surface area contributed by atoms with Gasteiger partial charge in [-0.1, -0.05) is 43.2 Å². The maximum atomic E-state index is 10.6. The first-order valence-electron chi connectivity index (χ1n) is 6.53. The van der Waals surface area contributed by atoms with Gasteiger partial charge in [0.2, 0.25) is 0 Å². The van der Waals surface area contributed by atoms with Crippen molar-refractivity contribution in [3.8, 4) is 0 Å². The lowest BCUT2D eigenvalue weighted by Crippen LogP contribution is -2.43. The molecule has 0 spiro atoms. The number of hydrogen-bond acceptors (Lipinski definition) is 2. The zero-order valence-electron chi connectivity index (χ0n) is 10.9. The first-order chi connectivity index (χ1) is 8.15. The molecule has 0 bridgehead atoms. The van der Waals surface area contributed by atoms with E-state index in [4.69, 9.17) is 0 Å². The van der Waals surface area contributed by atoms with Crippen molar-refractivity contribution in [3.05, 3.63) is 35.9 Å². The van der Waals surface area contributed by atoms with Gasteiger partial charge in [0.1, 0.15) is 0 Å². The second-order valence-electron chi connectivity index (χ2n) is 5.51. The Bertz CT molecular complexity index is 341. The van der Waals surface area contributed by atoms with Crippen LogP contribution < -0.4 is 0 Å². The van der Waals surface area contributed by atoms with Gasteiger partial charge in [-0.15, -0.1) is 0 Å². The second kappa shape index (κ2) is 5.19. The Morgan fingerprint density at radius 1 is 1.18 bits per heavy atom. The SMILES string of the molecule is CN(C)C[C@@H](O)C1(c2ccccc2)CCCC1. The fourth-order valence-electron chi connectivity index (χ4n) is 3.11. The molecule has 94 valence electrons. The largest absolute Gasteiger partial charge is 0.391 e. The van der Waals surface area contributed by atoms with Crippen LogP contribution in [0, 0.1) is 0 Å². The van der Waals surface area contributed by atoms with Gasteiger partial charge >= 0.3 is 0 Å². The zero-order valence-corrected chi connectivity index (χ0v) is 10.9. The first-order valence-corrected chi connectivity index (χ1v) is 6.53. The molecule has 1 saturated carbocycles. The highest BCUT2D eigenvalue weighted by Gasteiger charge is 2.41. The van der Waals surface area contributed by atoms with Crippen molar-refractivity contribution in [2.24, 2.45) is 0 Å². The maximum absolute atomic E-state index is 10.6. The molecule has 1 fully saturated rings. The van der Waals surface area contributed by atoms with Crippen molar-refractivity contribution in [2.75, 3.05) is 20.6 Å². The molecule has 1 aliphatic carbocycles. The zero-order chi connectivity index (χ0) is 12.3. The van der Waals surface area contributed by atoms with Crippen LogP contribution in [-0.2, 0) is 5.41 Å². The topological polar surface area (TPSA) is 23.5 Å².